The lowest BCUT2D eigenvalue weighted by Gasteiger charge is -2.18. The molecule has 3 aromatic carbocycles. The minimum Gasteiger partial charge on any atom is -0.356 e. The van der Waals surface area contributed by atoms with E-state index >= 15 is 0 Å². The van der Waals surface area contributed by atoms with E-state index < -0.39 is 0 Å². The molecular formula is C26H28N2O2. The molecule has 154 valence electrons. The number of nitrogens with one attached hydrogen (secondary N) is 2. The fourth-order valence-electron chi connectivity index (χ4n) is 3.55. The molecular weight excluding hydrogens is 372 g/mol. The molecule has 0 bridgehead atoms. The molecule has 0 aliphatic carbocycles. The summed E-state index contributed by atoms with van der Waals surface area (Å²) in [4.78, 5) is 24.4. The molecule has 0 aromatic heterocycles. The Balaban J connectivity index is 1.46. The van der Waals surface area contributed by atoms with Gasteiger partial charge in [-0.1, -0.05) is 78.9 Å². The van der Waals surface area contributed by atoms with Crippen molar-refractivity contribution in [3.8, 4) is 0 Å². The molecule has 30 heavy (non-hydrogen) atoms. The third kappa shape index (κ3) is 6.05. The quantitative estimate of drug-likeness (QED) is 0.557. The molecule has 3 aromatic rings. The maximum Gasteiger partial charge on any atom is 0.251 e. The number of hydrogen-bond acceptors (Lipinski definition) is 2. The highest BCUT2D eigenvalue weighted by Gasteiger charge is 2.14. The highest BCUT2D eigenvalue weighted by molar-refractivity contribution is 5.95. The maximum absolute atomic E-state index is 12.2. The fourth-order valence-corrected chi connectivity index (χ4v) is 3.55. The predicted molar refractivity (Wildman–Crippen MR) is 120 cm³/mol. The van der Waals surface area contributed by atoms with Crippen molar-refractivity contribution >= 4 is 11.8 Å². The first kappa shape index (κ1) is 21.3. The van der Waals surface area contributed by atoms with E-state index in [1.54, 1.807) is 6.07 Å². The monoisotopic (exact) mass is 400 g/mol. The summed E-state index contributed by atoms with van der Waals surface area (Å²) < 4.78 is 0. The number of amides is 2. The van der Waals surface area contributed by atoms with Crippen LogP contribution >= 0.6 is 0 Å². The summed E-state index contributed by atoms with van der Waals surface area (Å²) in [7, 11) is 0. The van der Waals surface area contributed by atoms with E-state index in [0.29, 0.717) is 18.7 Å². The Hall–Kier alpha value is -3.40. The van der Waals surface area contributed by atoms with Gasteiger partial charge in [-0.05, 0) is 36.1 Å². The van der Waals surface area contributed by atoms with Gasteiger partial charge in [0, 0.05) is 31.0 Å². The van der Waals surface area contributed by atoms with Crippen molar-refractivity contribution < 1.29 is 9.59 Å². The Morgan fingerprint density at radius 2 is 1.30 bits per heavy atom. The van der Waals surface area contributed by atoms with Crippen LogP contribution < -0.4 is 10.6 Å². The summed E-state index contributed by atoms with van der Waals surface area (Å²) in [5.74, 6) is 0.0301. The second-order valence-electron chi connectivity index (χ2n) is 7.33. The Labute approximate surface area is 178 Å². The first-order valence-corrected chi connectivity index (χ1v) is 10.4. The molecule has 0 aliphatic rings. The molecule has 2 amide bonds. The van der Waals surface area contributed by atoms with E-state index in [2.05, 4.69) is 34.9 Å². The second-order valence-corrected chi connectivity index (χ2v) is 7.33. The number of carbonyl (C=O) groups excluding carboxylic acids is 2. The van der Waals surface area contributed by atoms with Crippen molar-refractivity contribution in [3.63, 3.8) is 0 Å². The third-order valence-corrected chi connectivity index (χ3v) is 5.19. The summed E-state index contributed by atoms with van der Waals surface area (Å²) in [6.45, 7) is 2.80. The summed E-state index contributed by atoms with van der Waals surface area (Å²) in [6, 6.07) is 28.1. The smallest absolute Gasteiger partial charge is 0.251 e. The number of benzene rings is 3. The lowest BCUT2D eigenvalue weighted by atomic mass is 9.88. The van der Waals surface area contributed by atoms with E-state index in [1.807, 2.05) is 61.5 Å². The molecule has 0 heterocycles. The summed E-state index contributed by atoms with van der Waals surface area (Å²) >= 11 is 0. The zero-order valence-corrected chi connectivity index (χ0v) is 17.3. The van der Waals surface area contributed by atoms with Crippen LogP contribution in [0.1, 0.15) is 45.8 Å². The van der Waals surface area contributed by atoms with Crippen LogP contribution in [0.4, 0.5) is 0 Å². The van der Waals surface area contributed by atoms with Crippen LogP contribution in [-0.2, 0) is 4.79 Å². The lowest BCUT2D eigenvalue weighted by Crippen LogP contribution is -2.31. The SMILES string of the molecule is Cc1ccccc1C(=O)NCCC(=O)NCCC(c1ccccc1)c1ccccc1. The maximum atomic E-state index is 12.2. The van der Waals surface area contributed by atoms with E-state index in [1.165, 1.54) is 11.1 Å². The average molecular weight is 401 g/mol. The van der Waals surface area contributed by atoms with Crippen LogP contribution in [0.3, 0.4) is 0 Å². The predicted octanol–water partition coefficient (Wildman–Crippen LogP) is 4.45. The molecule has 0 saturated heterocycles. The van der Waals surface area contributed by atoms with Crippen molar-refractivity contribution in [3.05, 3.63) is 107 Å². The Bertz CT molecular complexity index is 916. The van der Waals surface area contributed by atoms with Gasteiger partial charge in [0.15, 0.2) is 0 Å². The van der Waals surface area contributed by atoms with Gasteiger partial charge in [0.1, 0.15) is 0 Å². The zero-order valence-electron chi connectivity index (χ0n) is 17.3. The molecule has 4 nitrogen and oxygen atoms in total. The van der Waals surface area contributed by atoms with Gasteiger partial charge >= 0.3 is 0 Å². The molecule has 4 heteroatoms. The third-order valence-electron chi connectivity index (χ3n) is 5.19. The van der Waals surface area contributed by atoms with Crippen LogP contribution in [0, 0.1) is 6.92 Å². The zero-order chi connectivity index (χ0) is 21.2. The van der Waals surface area contributed by atoms with Crippen LogP contribution in [0.2, 0.25) is 0 Å². The molecule has 0 spiro atoms. The summed E-state index contributed by atoms with van der Waals surface area (Å²) in [5, 5.41) is 5.81. The minimum absolute atomic E-state index is 0.0556. The molecule has 0 radical (unpaired) electrons. The van der Waals surface area contributed by atoms with Crippen molar-refractivity contribution in [2.45, 2.75) is 25.7 Å². The van der Waals surface area contributed by atoms with E-state index in [9.17, 15) is 9.59 Å². The molecule has 2 N–H and O–H groups in total. The van der Waals surface area contributed by atoms with E-state index in [0.717, 1.165) is 12.0 Å². The Morgan fingerprint density at radius 3 is 1.90 bits per heavy atom. The van der Waals surface area contributed by atoms with Crippen molar-refractivity contribution in [2.75, 3.05) is 13.1 Å². The summed E-state index contributed by atoms with van der Waals surface area (Å²) in [6.07, 6.45) is 1.08. The highest BCUT2D eigenvalue weighted by Crippen LogP contribution is 2.27. The van der Waals surface area contributed by atoms with Crippen LogP contribution in [-0.4, -0.2) is 24.9 Å². The number of rotatable bonds is 9. The summed E-state index contributed by atoms with van der Waals surface area (Å²) in [5.41, 5.74) is 4.05. The fraction of sp³-hybridized carbons (Fsp3) is 0.231. The van der Waals surface area contributed by atoms with Crippen molar-refractivity contribution in [1.29, 1.82) is 0 Å². The minimum atomic E-state index is -0.144. The second kappa shape index (κ2) is 11.0. The highest BCUT2D eigenvalue weighted by atomic mass is 16.2. The van der Waals surface area contributed by atoms with Gasteiger partial charge in [-0.2, -0.15) is 0 Å². The van der Waals surface area contributed by atoms with Gasteiger partial charge in [0.05, 0.1) is 0 Å². The van der Waals surface area contributed by atoms with Crippen LogP contribution in [0.5, 0.6) is 0 Å². The van der Waals surface area contributed by atoms with Gasteiger partial charge in [0.2, 0.25) is 5.91 Å². The normalized spacial score (nSPS) is 10.6. The first-order valence-electron chi connectivity index (χ1n) is 10.4. The number of aryl methyl sites for hydroxylation is 1. The van der Waals surface area contributed by atoms with Gasteiger partial charge in [-0.25, -0.2) is 0 Å². The van der Waals surface area contributed by atoms with Gasteiger partial charge in [-0.15, -0.1) is 0 Å². The molecule has 3 rings (SSSR count). The van der Waals surface area contributed by atoms with Crippen molar-refractivity contribution in [1.82, 2.24) is 10.6 Å². The van der Waals surface area contributed by atoms with E-state index in [4.69, 9.17) is 0 Å². The molecule has 0 atom stereocenters. The molecule has 0 saturated carbocycles. The standard InChI is InChI=1S/C26H28N2O2/c1-20-10-8-9-15-23(20)26(30)28-19-17-25(29)27-18-16-24(21-11-4-2-5-12-21)22-13-6-3-7-14-22/h2-15,24H,16-19H2,1H3,(H,27,29)(H,28,30). The van der Waals surface area contributed by atoms with Crippen molar-refractivity contribution in [2.24, 2.45) is 0 Å². The van der Waals surface area contributed by atoms with Crippen LogP contribution in [0.15, 0.2) is 84.9 Å². The van der Waals surface area contributed by atoms with E-state index in [-0.39, 0.29) is 24.2 Å². The number of carbonyl (C=O) groups is 2. The molecule has 0 unspecified atom stereocenters. The first-order chi connectivity index (χ1) is 14.6. The van der Waals surface area contributed by atoms with Gasteiger partial charge in [-0.3, -0.25) is 9.59 Å². The van der Waals surface area contributed by atoms with Gasteiger partial charge in [0.25, 0.3) is 5.91 Å². The Morgan fingerprint density at radius 1 is 0.733 bits per heavy atom. The average Bonchev–Trinajstić information content (AvgIpc) is 2.78. The molecule has 0 aliphatic heterocycles. The van der Waals surface area contributed by atoms with Gasteiger partial charge < -0.3 is 10.6 Å². The number of hydrogen-bond donors (Lipinski definition) is 2. The topological polar surface area (TPSA) is 58.2 Å². The Kier molecular flexibility index (Phi) is 7.78. The largest absolute Gasteiger partial charge is 0.356 e. The van der Waals surface area contributed by atoms with Crippen LogP contribution in [0.25, 0.3) is 0 Å². The molecule has 0 fully saturated rings. The lowest BCUT2D eigenvalue weighted by molar-refractivity contribution is -0.120.